The lowest BCUT2D eigenvalue weighted by atomic mass is 10.00. The average molecular weight is 491 g/mol. The summed E-state index contributed by atoms with van der Waals surface area (Å²) in [6.45, 7) is 7.10. The van der Waals surface area contributed by atoms with Crippen molar-refractivity contribution in [3.63, 3.8) is 0 Å². The van der Waals surface area contributed by atoms with Crippen LogP contribution in [0.2, 0.25) is 5.02 Å². The molecular formula is C30H35ClN2O2. The average Bonchev–Trinajstić information content (AvgIpc) is 2.85. The number of halogens is 1. The van der Waals surface area contributed by atoms with E-state index < -0.39 is 6.04 Å². The van der Waals surface area contributed by atoms with E-state index in [1.165, 1.54) is 0 Å². The molecule has 0 aliphatic rings. The molecule has 2 amide bonds. The third-order valence-electron chi connectivity index (χ3n) is 6.12. The van der Waals surface area contributed by atoms with Gasteiger partial charge < -0.3 is 10.2 Å². The first kappa shape index (κ1) is 26.5. The van der Waals surface area contributed by atoms with Crippen LogP contribution in [0.4, 0.5) is 0 Å². The van der Waals surface area contributed by atoms with Crippen LogP contribution in [0.5, 0.6) is 0 Å². The lowest BCUT2D eigenvalue weighted by molar-refractivity contribution is -0.141. The van der Waals surface area contributed by atoms with Crippen molar-refractivity contribution in [1.29, 1.82) is 0 Å². The highest BCUT2D eigenvalue weighted by molar-refractivity contribution is 6.31. The maximum absolute atomic E-state index is 13.7. The number of nitrogens with one attached hydrogen (secondary N) is 1. The van der Waals surface area contributed by atoms with Gasteiger partial charge in [0.1, 0.15) is 6.04 Å². The minimum absolute atomic E-state index is 0.0613. The van der Waals surface area contributed by atoms with E-state index in [1.54, 1.807) is 4.90 Å². The van der Waals surface area contributed by atoms with Crippen LogP contribution >= 0.6 is 11.6 Å². The Morgan fingerprint density at radius 3 is 2.17 bits per heavy atom. The van der Waals surface area contributed by atoms with Gasteiger partial charge in [0, 0.05) is 31.0 Å². The van der Waals surface area contributed by atoms with E-state index in [-0.39, 0.29) is 18.2 Å². The molecule has 0 saturated heterocycles. The van der Waals surface area contributed by atoms with Crippen molar-refractivity contribution in [2.75, 3.05) is 6.54 Å². The molecule has 5 heteroatoms. The molecule has 0 spiro atoms. The third kappa shape index (κ3) is 7.97. The van der Waals surface area contributed by atoms with Crippen LogP contribution in [-0.4, -0.2) is 29.3 Å². The summed E-state index contributed by atoms with van der Waals surface area (Å²) < 4.78 is 0. The fourth-order valence-electron chi connectivity index (χ4n) is 4.03. The summed E-state index contributed by atoms with van der Waals surface area (Å²) in [6, 6.07) is 24.9. The third-order valence-corrected chi connectivity index (χ3v) is 6.49. The van der Waals surface area contributed by atoms with Gasteiger partial charge in [0.25, 0.3) is 0 Å². The normalized spacial score (nSPS) is 11.8. The Kier molecular flexibility index (Phi) is 9.92. The Labute approximate surface area is 214 Å². The van der Waals surface area contributed by atoms with Gasteiger partial charge in [0.15, 0.2) is 0 Å². The minimum atomic E-state index is -0.616. The second-order valence-corrected chi connectivity index (χ2v) is 9.79. The molecule has 3 aromatic carbocycles. The summed E-state index contributed by atoms with van der Waals surface area (Å²) in [7, 11) is 0. The van der Waals surface area contributed by atoms with Gasteiger partial charge in [-0.1, -0.05) is 98.2 Å². The molecule has 0 aliphatic heterocycles. The zero-order valence-electron chi connectivity index (χ0n) is 20.8. The van der Waals surface area contributed by atoms with Crippen LogP contribution in [0.1, 0.15) is 42.5 Å². The van der Waals surface area contributed by atoms with Crippen LogP contribution in [0.15, 0.2) is 78.9 Å². The number of rotatable bonds is 11. The molecule has 0 heterocycles. The van der Waals surface area contributed by atoms with Crippen molar-refractivity contribution < 1.29 is 9.59 Å². The minimum Gasteiger partial charge on any atom is -0.354 e. The van der Waals surface area contributed by atoms with Gasteiger partial charge in [-0.15, -0.1) is 0 Å². The molecule has 1 N–H and O–H groups in total. The maximum atomic E-state index is 13.7. The lowest BCUT2D eigenvalue weighted by Crippen LogP contribution is -2.51. The van der Waals surface area contributed by atoms with Gasteiger partial charge >= 0.3 is 0 Å². The van der Waals surface area contributed by atoms with Gasteiger partial charge in [0.05, 0.1) is 0 Å². The van der Waals surface area contributed by atoms with Crippen molar-refractivity contribution in [3.05, 3.63) is 106 Å². The number of hydrogen-bond acceptors (Lipinski definition) is 2. The molecule has 184 valence electrons. The van der Waals surface area contributed by atoms with Crippen molar-refractivity contribution in [3.8, 4) is 0 Å². The summed E-state index contributed by atoms with van der Waals surface area (Å²) in [6.07, 6.45) is 1.25. The lowest BCUT2D eigenvalue weighted by Gasteiger charge is -2.32. The first-order valence-corrected chi connectivity index (χ1v) is 12.6. The predicted molar refractivity (Wildman–Crippen MR) is 143 cm³/mol. The monoisotopic (exact) mass is 490 g/mol. The Bertz CT molecular complexity index is 1110. The highest BCUT2D eigenvalue weighted by atomic mass is 35.5. The SMILES string of the molecule is Cc1ccccc1CN(C(=O)CCc1ccccc1Cl)C(Cc1ccccc1)C(=O)NCC(C)C. The highest BCUT2D eigenvalue weighted by Crippen LogP contribution is 2.21. The Morgan fingerprint density at radius 1 is 0.886 bits per heavy atom. The van der Waals surface area contributed by atoms with Gasteiger partial charge in [-0.25, -0.2) is 0 Å². The van der Waals surface area contributed by atoms with E-state index in [0.717, 1.165) is 22.3 Å². The first-order valence-electron chi connectivity index (χ1n) is 12.2. The first-order chi connectivity index (χ1) is 16.8. The van der Waals surface area contributed by atoms with E-state index in [4.69, 9.17) is 11.6 Å². The zero-order chi connectivity index (χ0) is 25.2. The topological polar surface area (TPSA) is 49.4 Å². The second kappa shape index (κ2) is 13.1. The number of carbonyl (C=O) groups excluding carboxylic acids is 2. The van der Waals surface area contributed by atoms with Crippen LogP contribution in [0.25, 0.3) is 0 Å². The number of hydrogen-bond donors (Lipinski definition) is 1. The molecule has 1 unspecified atom stereocenters. The van der Waals surface area contributed by atoms with Crippen LogP contribution in [-0.2, 0) is 29.0 Å². The van der Waals surface area contributed by atoms with E-state index in [2.05, 4.69) is 19.2 Å². The zero-order valence-corrected chi connectivity index (χ0v) is 21.6. The molecule has 0 fully saturated rings. The Morgan fingerprint density at radius 2 is 1.51 bits per heavy atom. The number of carbonyl (C=O) groups is 2. The fourth-order valence-corrected chi connectivity index (χ4v) is 4.26. The molecule has 1 atom stereocenters. The van der Waals surface area contributed by atoms with Crippen LogP contribution < -0.4 is 5.32 Å². The van der Waals surface area contributed by atoms with Gasteiger partial charge in [-0.2, -0.15) is 0 Å². The van der Waals surface area contributed by atoms with Gasteiger partial charge in [-0.05, 0) is 47.6 Å². The fraction of sp³-hybridized carbons (Fsp3) is 0.333. The summed E-state index contributed by atoms with van der Waals surface area (Å²) in [4.78, 5) is 28.9. The molecule has 0 bridgehead atoms. The molecule has 3 aromatic rings. The smallest absolute Gasteiger partial charge is 0.243 e. The Hall–Kier alpha value is -3.11. The maximum Gasteiger partial charge on any atom is 0.243 e. The molecular weight excluding hydrogens is 456 g/mol. The number of benzene rings is 3. The summed E-state index contributed by atoms with van der Waals surface area (Å²) in [5.41, 5.74) is 4.08. The Balaban J connectivity index is 1.92. The molecule has 4 nitrogen and oxygen atoms in total. The molecule has 0 aromatic heterocycles. The van der Waals surface area contributed by atoms with Crippen molar-refractivity contribution >= 4 is 23.4 Å². The van der Waals surface area contributed by atoms with Gasteiger partial charge in [-0.3, -0.25) is 9.59 Å². The largest absolute Gasteiger partial charge is 0.354 e. The highest BCUT2D eigenvalue weighted by Gasteiger charge is 2.30. The van der Waals surface area contributed by atoms with E-state index in [9.17, 15) is 9.59 Å². The standard InChI is InChI=1S/C30H35ClN2O2/c1-22(2)20-32-30(35)28(19-24-12-5-4-6-13-24)33(21-26-15-8-7-11-23(26)3)29(34)18-17-25-14-9-10-16-27(25)31/h4-16,22,28H,17-21H2,1-3H3,(H,32,35). The second-order valence-electron chi connectivity index (χ2n) is 9.38. The molecule has 0 radical (unpaired) electrons. The molecule has 0 saturated carbocycles. The number of nitrogens with zero attached hydrogens (tertiary/aromatic N) is 1. The number of amides is 2. The molecule has 0 aliphatic carbocycles. The van der Waals surface area contributed by atoms with E-state index in [1.807, 2.05) is 85.8 Å². The van der Waals surface area contributed by atoms with Gasteiger partial charge in [0.2, 0.25) is 11.8 Å². The molecule has 35 heavy (non-hydrogen) atoms. The summed E-state index contributed by atoms with van der Waals surface area (Å²) >= 11 is 6.34. The van der Waals surface area contributed by atoms with E-state index in [0.29, 0.717) is 36.9 Å². The summed E-state index contributed by atoms with van der Waals surface area (Å²) in [5.74, 6) is 0.132. The molecule has 3 rings (SSSR count). The quantitative estimate of drug-likeness (QED) is 0.358. The van der Waals surface area contributed by atoms with Crippen molar-refractivity contribution in [1.82, 2.24) is 10.2 Å². The number of aryl methyl sites for hydroxylation is 2. The van der Waals surface area contributed by atoms with E-state index >= 15 is 0 Å². The summed E-state index contributed by atoms with van der Waals surface area (Å²) in [5, 5.41) is 3.72. The van der Waals surface area contributed by atoms with Crippen molar-refractivity contribution in [2.24, 2.45) is 5.92 Å². The predicted octanol–water partition coefficient (Wildman–Crippen LogP) is 5.99. The van der Waals surface area contributed by atoms with Crippen molar-refractivity contribution in [2.45, 2.75) is 52.6 Å². The van der Waals surface area contributed by atoms with Crippen LogP contribution in [0, 0.1) is 12.8 Å². The van der Waals surface area contributed by atoms with Crippen LogP contribution in [0.3, 0.4) is 0 Å².